The highest BCUT2D eigenvalue weighted by Crippen LogP contribution is 2.32. The van der Waals surface area contributed by atoms with Gasteiger partial charge in [-0.15, -0.1) is 11.3 Å². The maximum Gasteiger partial charge on any atom is 0.0900 e. The fourth-order valence-electron chi connectivity index (χ4n) is 2.72. The molecule has 2 heterocycles. The number of thiazole rings is 1. The van der Waals surface area contributed by atoms with Crippen LogP contribution in [0.4, 0.5) is 0 Å². The highest BCUT2D eigenvalue weighted by Gasteiger charge is 2.21. The van der Waals surface area contributed by atoms with Crippen molar-refractivity contribution in [3.8, 4) is 0 Å². The summed E-state index contributed by atoms with van der Waals surface area (Å²) >= 11 is 1.76. The second kappa shape index (κ2) is 5.92. The predicted molar refractivity (Wildman–Crippen MR) is 88.9 cm³/mol. The van der Waals surface area contributed by atoms with Gasteiger partial charge in [0.15, 0.2) is 0 Å². The molecule has 3 aromatic rings. The summed E-state index contributed by atoms with van der Waals surface area (Å²) in [6.07, 6.45) is 1.86. The van der Waals surface area contributed by atoms with Crippen LogP contribution in [0.25, 0.3) is 10.9 Å². The molecule has 3 nitrogen and oxygen atoms in total. The first-order valence-corrected chi connectivity index (χ1v) is 8.03. The number of nitrogens with one attached hydrogen (secondary N) is 1. The van der Waals surface area contributed by atoms with Gasteiger partial charge in [-0.3, -0.25) is 4.98 Å². The molecule has 21 heavy (non-hydrogen) atoms. The lowest BCUT2D eigenvalue weighted by Gasteiger charge is -2.19. The van der Waals surface area contributed by atoms with Crippen molar-refractivity contribution in [2.24, 2.45) is 0 Å². The Morgan fingerprint density at radius 2 is 2.00 bits per heavy atom. The van der Waals surface area contributed by atoms with Gasteiger partial charge in [0.1, 0.15) is 0 Å². The molecule has 2 aromatic heterocycles. The Morgan fingerprint density at radius 3 is 2.71 bits per heavy atom. The Morgan fingerprint density at radius 1 is 1.19 bits per heavy atom. The van der Waals surface area contributed by atoms with Crippen LogP contribution in [-0.4, -0.2) is 16.5 Å². The molecule has 0 saturated heterocycles. The minimum Gasteiger partial charge on any atom is -0.306 e. The Labute approximate surface area is 129 Å². The first kappa shape index (κ1) is 14.2. The van der Waals surface area contributed by atoms with Crippen LogP contribution in [0.3, 0.4) is 0 Å². The average molecular weight is 297 g/mol. The lowest BCUT2D eigenvalue weighted by atomic mass is 10.0. The van der Waals surface area contributed by atoms with Gasteiger partial charge in [-0.1, -0.05) is 31.2 Å². The topological polar surface area (TPSA) is 37.8 Å². The highest BCUT2D eigenvalue weighted by molar-refractivity contribution is 7.11. The van der Waals surface area contributed by atoms with Crippen LogP contribution in [0, 0.1) is 13.8 Å². The Hall–Kier alpha value is -1.78. The van der Waals surface area contributed by atoms with E-state index in [0.29, 0.717) is 0 Å². The largest absolute Gasteiger partial charge is 0.306 e. The molecule has 3 rings (SSSR count). The van der Waals surface area contributed by atoms with Gasteiger partial charge < -0.3 is 5.32 Å². The van der Waals surface area contributed by atoms with Crippen LogP contribution < -0.4 is 5.32 Å². The van der Waals surface area contributed by atoms with Gasteiger partial charge in [-0.05, 0) is 26.5 Å². The van der Waals surface area contributed by atoms with E-state index in [1.54, 1.807) is 11.3 Å². The van der Waals surface area contributed by atoms with Crippen LogP contribution in [0.2, 0.25) is 0 Å². The number of fused-ring (bicyclic) bond motifs is 1. The van der Waals surface area contributed by atoms with E-state index >= 15 is 0 Å². The summed E-state index contributed by atoms with van der Waals surface area (Å²) in [4.78, 5) is 10.5. The van der Waals surface area contributed by atoms with E-state index in [0.717, 1.165) is 22.8 Å². The van der Waals surface area contributed by atoms with Crippen molar-refractivity contribution in [3.63, 3.8) is 0 Å². The number of benzene rings is 1. The Bertz CT molecular complexity index is 758. The Kier molecular flexibility index (Phi) is 3.99. The SMILES string of the molecule is CCNC(c1sc(C)nc1C)c1cccc2cccnc12. The number of hydrogen-bond donors (Lipinski definition) is 1. The molecule has 0 spiro atoms. The molecule has 0 radical (unpaired) electrons. The van der Waals surface area contributed by atoms with Crippen molar-refractivity contribution in [1.29, 1.82) is 0 Å². The fraction of sp³-hybridized carbons (Fsp3) is 0.294. The average Bonchev–Trinajstić information content (AvgIpc) is 2.83. The minimum atomic E-state index is 0.153. The van der Waals surface area contributed by atoms with Crippen molar-refractivity contribution in [1.82, 2.24) is 15.3 Å². The van der Waals surface area contributed by atoms with E-state index in [2.05, 4.69) is 60.3 Å². The molecular formula is C17H19N3S. The number of hydrogen-bond acceptors (Lipinski definition) is 4. The summed E-state index contributed by atoms with van der Waals surface area (Å²) in [6.45, 7) is 7.19. The fourth-order valence-corrected chi connectivity index (χ4v) is 3.75. The Balaban J connectivity index is 2.18. The van der Waals surface area contributed by atoms with Gasteiger partial charge in [-0.25, -0.2) is 4.98 Å². The summed E-state index contributed by atoms with van der Waals surface area (Å²) in [5.74, 6) is 0. The quantitative estimate of drug-likeness (QED) is 0.790. The monoisotopic (exact) mass is 297 g/mol. The molecule has 0 aliphatic rings. The number of para-hydroxylation sites is 1. The molecule has 1 aromatic carbocycles. The molecule has 108 valence electrons. The van der Waals surface area contributed by atoms with Gasteiger partial charge in [0.25, 0.3) is 0 Å². The maximum atomic E-state index is 4.59. The van der Waals surface area contributed by atoms with Crippen LogP contribution in [-0.2, 0) is 0 Å². The molecule has 1 atom stereocenters. The van der Waals surface area contributed by atoms with Gasteiger partial charge >= 0.3 is 0 Å². The summed E-state index contributed by atoms with van der Waals surface area (Å²) in [7, 11) is 0. The zero-order valence-electron chi connectivity index (χ0n) is 12.6. The number of nitrogens with zero attached hydrogens (tertiary/aromatic N) is 2. The van der Waals surface area contributed by atoms with Gasteiger partial charge in [-0.2, -0.15) is 0 Å². The summed E-state index contributed by atoms with van der Waals surface area (Å²) in [5, 5.41) is 5.88. The smallest absolute Gasteiger partial charge is 0.0900 e. The predicted octanol–water partition coefficient (Wildman–Crippen LogP) is 4.01. The molecule has 4 heteroatoms. The van der Waals surface area contributed by atoms with Crippen LogP contribution in [0.5, 0.6) is 0 Å². The van der Waals surface area contributed by atoms with Gasteiger partial charge in [0.2, 0.25) is 0 Å². The zero-order chi connectivity index (χ0) is 14.8. The number of rotatable bonds is 4. The normalized spacial score (nSPS) is 12.7. The van der Waals surface area contributed by atoms with E-state index in [4.69, 9.17) is 0 Å². The zero-order valence-corrected chi connectivity index (χ0v) is 13.4. The van der Waals surface area contributed by atoms with Crippen LogP contribution in [0.15, 0.2) is 36.5 Å². The lowest BCUT2D eigenvalue weighted by Crippen LogP contribution is -2.22. The second-order valence-electron chi connectivity index (χ2n) is 5.10. The molecular weight excluding hydrogens is 278 g/mol. The van der Waals surface area contributed by atoms with Crippen LogP contribution in [0.1, 0.15) is 34.1 Å². The van der Waals surface area contributed by atoms with Crippen molar-refractivity contribution in [3.05, 3.63) is 57.7 Å². The van der Waals surface area contributed by atoms with E-state index in [1.165, 1.54) is 15.8 Å². The van der Waals surface area contributed by atoms with Crippen LogP contribution >= 0.6 is 11.3 Å². The lowest BCUT2D eigenvalue weighted by molar-refractivity contribution is 0.638. The van der Waals surface area contributed by atoms with Crippen molar-refractivity contribution >= 4 is 22.2 Å². The first-order chi connectivity index (χ1) is 10.2. The summed E-state index contributed by atoms with van der Waals surface area (Å²) < 4.78 is 0. The third-order valence-corrected chi connectivity index (χ3v) is 4.72. The van der Waals surface area contributed by atoms with E-state index in [9.17, 15) is 0 Å². The summed E-state index contributed by atoms with van der Waals surface area (Å²) in [6, 6.07) is 10.6. The molecule has 0 aliphatic carbocycles. The van der Waals surface area contributed by atoms with E-state index < -0.39 is 0 Å². The third-order valence-electron chi connectivity index (χ3n) is 3.58. The molecule has 1 unspecified atom stereocenters. The molecule has 0 bridgehead atoms. The van der Waals surface area contributed by atoms with Crippen molar-refractivity contribution in [2.75, 3.05) is 6.54 Å². The summed E-state index contributed by atoms with van der Waals surface area (Å²) in [5.41, 5.74) is 3.40. The number of aromatic nitrogens is 2. The maximum absolute atomic E-state index is 4.59. The molecule has 1 N–H and O–H groups in total. The van der Waals surface area contributed by atoms with Crippen molar-refractivity contribution in [2.45, 2.75) is 26.8 Å². The number of aryl methyl sites for hydroxylation is 2. The molecule has 0 saturated carbocycles. The second-order valence-corrected chi connectivity index (χ2v) is 6.33. The van der Waals surface area contributed by atoms with Gasteiger partial charge in [0.05, 0.1) is 22.3 Å². The van der Waals surface area contributed by atoms with E-state index in [-0.39, 0.29) is 6.04 Å². The molecule has 0 aliphatic heterocycles. The van der Waals surface area contributed by atoms with Crippen molar-refractivity contribution < 1.29 is 0 Å². The first-order valence-electron chi connectivity index (χ1n) is 7.21. The van der Waals surface area contributed by atoms with Gasteiger partial charge in [0, 0.05) is 22.0 Å². The highest BCUT2D eigenvalue weighted by atomic mass is 32.1. The minimum absolute atomic E-state index is 0.153. The van der Waals surface area contributed by atoms with E-state index in [1.807, 2.05) is 12.3 Å². The molecule has 0 amide bonds. The standard InChI is InChI=1S/C17H19N3S/c1-4-18-16(17-11(2)20-12(3)21-17)14-9-5-7-13-8-6-10-19-15(13)14/h5-10,16,18H,4H2,1-3H3. The number of pyridine rings is 1. The third kappa shape index (κ3) is 2.69. The molecule has 0 fully saturated rings.